The Hall–Kier alpha value is -0.160. The van der Waals surface area contributed by atoms with Crippen LogP contribution in [0.25, 0.3) is 0 Å². The Kier molecular flexibility index (Phi) is 5.89. The average Bonchev–Trinajstić information content (AvgIpc) is 2.39. The van der Waals surface area contributed by atoms with Crippen molar-refractivity contribution in [1.29, 1.82) is 0 Å². The van der Waals surface area contributed by atoms with Crippen molar-refractivity contribution in [3.63, 3.8) is 0 Å². The molecule has 0 atom stereocenters. The Bertz CT molecular complexity index is 469. The molecule has 0 radical (unpaired) electrons. The second-order valence-corrected chi connectivity index (χ2v) is 7.21. The van der Waals surface area contributed by atoms with Crippen molar-refractivity contribution in [2.45, 2.75) is 9.79 Å². The van der Waals surface area contributed by atoms with Crippen LogP contribution in [0.4, 0.5) is 0 Å². The summed E-state index contributed by atoms with van der Waals surface area (Å²) in [7, 11) is 0. The van der Waals surface area contributed by atoms with E-state index in [0.29, 0.717) is 0 Å². The number of hydrogen-bond acceptors (Lipinski definition) is 2. The number of thioether (sulfide) groups is 2. The van der Waals surface area contributed by atoms with Gasteiger partial charge in [-0.2, -0.15) is 0 Å². The minimum Gasteiger partial charge on any atom is -0.0975 e. The van der Waals surface area contributed by atoms with Gasteiger partial charge in [-0.1, -0.05) is 55.4 Å². The molecule has 0 fully saturated rings. The second kappa shape index (κ2) is 7.43. The largest absolute Gasteiger partial charge is 0.0975 e. The van der Waals surface area contributed by atoms with Crippen LogP contribution in [0.15, 0.2) is 78.1 Å². The lowest BCUT2D eigenvalue weighted by Crippen LogP contribution is -1.68. The topological polar surface area (TPSA) is 0 Å². The van der Waals surface area contributed by atoms with Gasteiger partial charge in [-0.05, 0) is 59.3 Å². The third-order valence-electron chi connectivity index (χ3n) is 2.09. The summed E-state index contributed by atoms with van der Waals surface area (Å²) < 4.78 is 2.22. The van der Waals surface area contributed by atoms with Crippen molar-refractivity contribution in [3.05, 3.63) is 68.3 Å². The van der Waals surface area contributed by atoms with Crippen molar-refractivity contribution in [1.82, 2.24) is 0 Å². The number of halogens is 2. The van der Waals surface area contributed by atoms with Crippen LogP contribution in [0, 0.1) is 0 Å². The molecule has 0 heterocycles. The Morgan fingerprint density at radius 2 is 0.944 bits per heavy atom. The van der Waals surface area contributed by atoms with Gasteiger partial charge in [0, 0.05) is 18.7 Å². The van der Waals surface area contributed by atoms with E-state index in [4.69, 9.17) is 0 Å². The van der Waals surface area contributed by atoms with E-state index in [0.717, 1.165) is 8.95 Å². The van der Waals surface area contributed by atoms with Gasteiger partial charge >= 0.3 is 0 Å². The molecule has 18 heavy (non-hydrogen) atoms. The van der Waals surface area contributed by atoms with Gasteiger partial charge in [0.2, 0.25) is 0 Å². The Labute approximate surface area is 133 Å². The summed E-state index contributed by atoms with van der Waals surface area (Å²) in [6.07, 6.45) is 0. The molecule has 92 valence electrons. The fourth-order valence-corrected chi connectivity index (χ4v) is 3.11. The minimum atomic E-state index is 1.11. The third kappa shape index (κ3) is 4.84. The summed E-state index contributed by atoms with van der Waals surface area (Å²) in [5, 5.41) is 4.21. The fraction of sp³-hybridized carbons (Fsp3) is 0. The lowest BCUT2D eigenvalue weighted by atomic mass is 10.4. The van der Waals surface area contributed by atoms with Crippen molar-refractivity contribution in [3.8, 4) is 0 Å². The maximum Gasteiger partial charge on any atom is 0.0176 e. The van der Waals surface area contributed by atoms with Crippen LogP contribution in [0.3, 0.4) is 0 Å². The van der Waals surface area contributed by atoms with E-state index in [2.05, 4.69) is 91.2 Å². The molecule has 0 nitrogen and oxygen atoms in total. The van der Waals surface area contributed by atoms with Gasteiger partial charge in [-0.15, -0.1) is 0 Å². The molecule has 0 aromatic heterocycles. The van der Waals surface area contributed by atoms with Crippen molar-refractivity contribution >= 4 is 55.4 Å². The van der Waals surface area contributed by atoms with E-state index in [9.17, 15) is 0 Å². The summed E-state index contributed by atoms with van der Waals surface area (Å²) in [6.45, 7) is 0. The Balaban J connectivity index is 1.85. The first-order valence-electron chi connectivity index (χ1n) is 5.23. The molecule has 0 aliphatic rings. The molecular formula is C14H10Br2S2. The standard InChI is InChI=1S/C14H10Br2S2/c15-11-1-5-13(6-2-11)17-9-10-18-14-7-3-12(16)4-8-14/h1-10H. The van der Waals surface area contributed by atoms with Gasteiger partial charge in [-0.3, -0.25) is 0 Å². The summed E-state index contributed by atoms with van der Waals surface area (Å²) >= 11 is 10.3. The van der Waals surface area contributed by atoms with Crippen LogP contribution in [-0.2, 0) is 0 Å². The molecule has 0 spiro atoms. The number of benzene rings is 2. The molecule has 0 aliphatic carbocycles. The van der Waals surface area contributed by atoms with Crippen molar-refractivity contribution in [2.75, 3.05) is 0 Å². The molecule has 0 aliphatic heterocycles. The Morgan fingerprint density at radius 3 is 1.28 bits per heavy atom. The molecule has 0 saturated carbocycles. The average molecular weight is 402 g/mol. The molecule has 0 unspecified atom stereocenters. The first kappa shape index (κ1) is 14.3. The second-order valence-electron chi connectivity index (χ2n) is 3.42. The summed E-state index contributed by atoms with van der Waals surface area (Å²) in [4.78, 5) is 2.48. The predicted octanol–water partition coefficient (Wildman–Crippen LogP) is 6.57. The highest BCUT2D eigenvalue weighted by atomic mass is 79.9. The van der Waals surface area contributed by atoms with Gasteiger partial charge in [0.1, 0.15) is 0 Å². The highest BCUT2D eigenvalue weighted by molar-refractivity contribution is 9.10. The zero-order valence-electron chi connectivity index (χ0n) is 9.35. The SMILES string of the molecule is Brc1ccc(SC=CSc2ccc(Br)cc2)cc1. The lowest BCUT2D eigenvalue weighted by molar-refractivity contribution is 1.45. The monoisotopic (exact) mass is 400 g/mol. The van der Waals surface area contributed by atoms with Gasteiger partial charge in [-0.25, -0.2) is 0 Å². The van der Waals surface area contributed by atoms with Crippen molar-refractivity contribution < 1.29 is 0 Å². The molecule has 0 bridgehead atoms. The van der Waals surface area contributed by atoms with Gasteiger partial charge in [0.05, 0.1) is 0 Å². The predicted molar refractivity (Wildman–Crippen MR) is 89.1 cm³/mol. The molecule has 2 aromatic rings. The van der Waals surface area contributed by atoms with E-state index in [1.807, 2.05) is 0 Å². The van der Waals surface area contributed by atoms with Crippen molar-refractivity contribution in [2.24, 2.45) is 0 Å². The van der Waals surface area contributed by atoms with Gasteiger partial charge < -0.3 is 0 Å². The highest BCUT2D eigenvalue weighted by Gasteiger charge is 1.92. The molecule has 4 heteroatoms. The molecule has 2 rings (SSSR count). The molecule has 0 N–H and O–H groups in total. The van der Waals surface area contributed by atoms with Crippen LogP contribution >= 0.6 is 55.4 Å². The van der Waals surface area contributed by atoms with Crippen LogP contribution in [-0.4, -0.2) is 0 Å². The van der Waals surface area contributed by atoms with Gasteiger partial charge in [0.15, 0.2) is 0 Å². The zero-order valence-corrected chi connectivity index (χ0v) is 14.2. The maximum atomic E-state index is 3.43. The summed E-state index contributed by atoms with van der Waals surface area (Å²) in [5.41, 5.74) is 0. The van der Waals surface area contributed by atoms with Crippen LogP contribution in [0.1, 0.15) is 0 Å². The number of rotatable bonds is 4. The molecule has 2 aromatic carbocycles. The van der Waals surface area contributed by atoms with E-state index >= 15 is 0 Å². The van der Waals surface area contributed by atoms with Crippen LogP contribution in [0.5, 0.6) is 0 Å². The first-order chi connectivity index (χ1) is 8.74. The maximum absolute atomic E-state index is 3.43. The molecule has 0 amide bonds. The quantitative estimate of drug-likeness (QED) is 0.531. The molecule has 0 saturated heterocycles. The Morgan fingerprint density at radius 1 is 0.611 bits per heavy atom. The van der Waals surface area contributed by atoms with E-state index < -0.39 is 0 Å². The zero-order chi connectivity index (χ0) is 12.8. The van der Waals surface area contributed by atoms with Crippen LogP contribution in [0.2, 0.25) is 0 Å². The smallest absolute Gasteiger partial charge is 0.0176 e. The third-order valence-corrected chi connectivity index (χ3v) is 4.95. The normalized spacial score (nSPS) is 11.0. The summed E-state index contributed by atoms with van der Waals surface area (Å²) in [5.74, 6) is 0. The van der Waals surface area contributed by atoms with E-state index in [-0.39, 0.29) is 0 Å². The van der Waals surface area contributed by atoms with Gasteiger partial charge in [0.25, 0.3) is 0 Å². The first-order valence-corrected chi connectivity index (χ1v) is 8.58. The minimum absolute atomic E-state index is 1.11. The fourth-order valence-electron chi connectivity index (χ4n) is 1.24. The van der Waals surface area contributed by atoms with Crippen LogP contribution < -0.4 is 0 Å². The lowest BCUT2D eigenvalue weighted by Gasteiger charge is -1.97. The highest BCUT2D eigenvalue weighted by Crippen LogP contribution is 2.26. The van der Waals surface area contributed by atoms with E-state index in [1.165, 1.54) is 9.79 Å². The molecular weight excluding hydrogens is 392 g/mol. The number of hydrogen-bond donors (Lipinski definition) is 0. The van der Waals surface area contributed by atoms with E-state index in [1.54, 1.807) is 23.5 Å². The summed E-state index contributed by atoms with van der Waals surface area (Å²) in [6, 6.07) is 16.6.